The van der Waals surface area contributed by atoms with E-state index in [1.54, 1.807) is 0 Å². The fraction of sp³-hybridized carbons (Fsp3) is 0.947. The Labute approximate surface area is 154 Å². The number of amides is 1. The number of carbonyl (C=O) groups excluding carboxylic acids is 1. The van der Waals surface area contributed by atoms with Crippen LogP contribution in [0.4, 0.5) is 0 Å². The minimum Gasteiger partial charge on any atom is -0.376 e. The summed E-state index contributed by atoms with van der Waals surface area (Å²) < 4.78 is 5.80. The van der Waals surface area contributed by atoms with Crippen molar-refractivity contribution in [3.8, 4) is 0 Å². The van der Waals surface area contributed by atoms with Gasteiger partial charge in [-0.05, 0) is 63.8 Å². The Balaban J connectivity index is 0.00000288. The number of hydrogen-bond donors (Lipinski definition) is 1. The monoisotopic (exact) mass is 360 g/mol. The molecule has 5 heteroatoms. The van der Waals surface area contributed by atoms with Crippen LogP contribution in [0.15, 0.2) is 0 Å². The van der Waals surface area contributed by atoms with Gasteiger partial charge in [0.25, 0.3) is 0 Å². The summed E-state index contributed by atoms with van der Waals surface area (Å²) in [5.74, 6) is 1.18. The maximum atomic E-state index is 12.8. The van der Waals surface area contributed by atoms with E-state index < -0.39 is 0 Å². The Bertz CT molecular complexity index is 340. The molecule has 142 valence electrons. The molecule has 0 aromatic heterocycles. The molecule has 0 aromatic carbocycles. The standard InChI is InChI=1S/C19H36N2O2.ClH/c1-16-9-11-17(12-10-16)21(15-18-7-6-14-23-18)19(22)8-4-2-3-5-13-20;/h16-18H,2-15,20H2,1H3;1H. The van der Waals surface area contributed by atoms with E-state index >= 15 is 0 Å². The minimum atomic E-state index is 0. The lowest BCUT2D eigenvalue weighted by molar-refractivity contribution is -0.136. The van der Waals surface area contributed by atoms with Crippen LogP contribution in [-0.2, 0) is 9.53 Å². The normalized spacial score (nSPS) is 26.8. The van der Waals surface area contributed by atoms with Gasteiger partial charge in [-0.25, -0.2) is 0 Å². The molecule has 24 heavy (non-hydrogen) atoms. The number of halogens is 1. The van der Waals surface area contributed by atoms with Gasteiger partial charge in [0.2, 0.25) is 5.91 Å². The average molecular weight is 361 g/mol. The predicted molar refractivity (Wildman–Crippen MR) is 101 cm³/mol. The maximum Gasteiger partial charge on any atom is 0.222 e. The van der Waals surface area contributed by atoms with Crippen molar-refractivity contribution in [1.29, 1.82) is 0 Å². The van der Waals surface area contributed by atoms with Crippen LogP contribution in [0.2, 0.25) is 0 Å². The van der Waals surface area contributed by atoms with Crippen LogP contribution >= 0.6 is 12.4 Å². The lowest BCUT2D eigenvalue weighted by atomic mass is 9.86. The Morgan fingerprint density at radius 3 is 2.42 bits per heavy atom. The van der Waals surface area contributed by atoms with Gasteiger partial charge in [-0.2, -0.15) is 0 Å². The van der Waals surface area contributed by atoms with Crippen LogP contribution < -0.4 is 5.73 Å². The number of unbranched alkanes of at least 4 members (excludes halogenated alkanes) is 3. The van der Waals surface area contributed by atoms with Crippen LogP contribution in [0.1, 0.15) is 77.6 Å². The van der Waals surface area contributed by atoms with Crippen LogP contribution in [0, 0.1) is 5.92 Å². The van der Waals surface area contributed by atoms with E-state index in [-0.39, 0.29) is 18.5 Å². The van der Waals surface area contributed by atoms with Gasteiger partial charge >= 0.3 is 0 Å². The molecular weight excluding hydrogens is 324 g/mol. The van der Waals surface area contributed by atoms with E-state index in [9.17, 15) is 4.79 Å². The molecule has 1 saturated carbocycles. The van der Waals surface area contributed by atoms with Crippen LogP contribution in [0.25, 0.3) is 0 Å². The van der Waals surface area contributed by atoms with Gasteiger partial charge in [-0.3, -0.25) is 4.79 Å². The lowest BCUT2D eigenvalue weighted by Crippen LogP contribution is -2.46. The smallest absolute Gasteiger partial charge is 0.222 e. The fourth-order valence-electron chi connectivity index (χ4n) is 3.93. The molecule has 0 spiro atoms. The second-order valence-corrected chi connectivity index (χ2v) is 7.55. The molecular formula is C19H37ClN2O2. The Kier molecular flexibility index (Phi) is 11.0. The second-order valence-electron chi connectivity index (χ2n) is 7.55. The van der Waals surface area contributed by atoms with Crippen LogP contribution in [-0.4, -0.2) is 42.6 Å². The molecule has 4 nitrogen and oxygen atoms in total. The Morgan fingerprint density at radius 2 is 1.79 bits per heavy atom. The first-order valence-electron chi connectivity index (χ1n) is 9.82. The van der Waals surface area contributed by atoms with Crippen molar-refractivity contribution in [2.75, 3.05) is 19.7 Å². The molecule has 1 saturated heterocycles. The molecule has 1 unspecified atom stereocenters. The summed E-state index contributed by atoms with van der Waals surface area (Å²) >= 11 is 0. The molecule has 1 aliphatic carbocycles. The summed E-state index contributed by atoms with van der Waals surface area (Å²) in [5.41, 5.74) is 5.53. The zero-order chi connectivity index (χ0) is 16.5. The van der Waals surface area contributed by atoms with Gasteiger partial charge in [-0.1, -0.05) is 19.8 Å². The van der Waals surface area contributed by atoms with Crippen molar-refractivity contribution >= 4 is 18.3 Å². The summed E-state index contributed by atoms with van der Waals surface area (Å²) in [6.45, 7) is 4.79. The van der Waals surface area contributed by atoms with Crippen molar-refractivity contribution in [2.24, 2.45) is 11.7 Å². The highest BCUT2D eigenvalue weighted by atomic mass is 35.5. The van der Waals surface area contributed by atoms with E-state index in [1.807, 2.05) is 0 Å². The molecule has 2 rings (SSSR count). The number of rotatable bonds is 9. The Morgan fingerprint density at radius 1 is 1.08 bits per heavy atom. The Hall–Kier alpha value is -0.320. The van der Waals surface area contributed by atoms with E-state index in [0.29, 0.717) is 18.4 Å². The first-order valence-corrected chi connectivity index (χ1v) is 9.82. The topological polar surface area (TPSA) is 55.6 Å². The molecule has 2 aliphatic rings. The summed E-state index contributed by atoms with van der Waals surface area (Å²) in [5, 5.41) is 0. The quantitative estimate of drug-likeness (QED) is 0.634. The fourth-order valence-corrected chi connectivity index (χ4v) is 3.93. The third-order valence-electron chi connectivity index (χ3n) is 5.52. The average Bonchev–Trinajstić information content (AvgIpc) is 3.06. The summed E-state index contributed by atoms with van der Waals surface area (Å²) in [6.07, 6.45) is 12.5. The zero-order valence-corrected chi connectivity index (χ0v) is 16.2. The molecule has 0 aromatic rings. The SMILES string of the molecule is CC1CCC(N(CC2CCCO2)C(=O)CCCCCCN)CC1.Cl. The minimum absolute atomic E-state index is 0. The van der Waals surface area contributed by atoms with Crippen molar-refractivity contribution in [1.82, 2.24) is 4.90 Å². The van der Waals surface area contributed by atoms with Gasteiger partial charge in [0, 0.05) is 25.6 Å². The molecule has 0 radical (unpaired) electrons. The number of nitrogens with zero attached hydrogens (tertiary/aromatic N) is 1. The highest BCUT2D eigenvalue weighted by Gasteiger charge is 2.30. The zero-order valence-electron chi connectivity index (χ0n) is 15.4. The van der Waals surface area contributed by atoms with Gasteiger partial charge < -0.3 is 15.4 Å². The predicted octanol–water partition coefficient (Wildman–Crippen LogP) is 3.90. The van der Waals surface area contributed by atoms with E-state index in [2.05, 4.69) is 11.8 Å². The van der Waals surface area contributed by atoms with Crippen LogP contribution in [0.3, 0.4) is 0 Å². The van der Waals surface area contributed by atoms with E-state index in [4.69, 9.17) is 10.5 Å². The van der Waals surface area contributed by atoms with Gasteiger partial charge in [0.05, 0.1) is 6.10 Å². The maximum absolute atomic E-state index is 12.8. The van der Waals surface area contributed by atoms with Crippen LogP contribution in [0.5, 0.6) is 0 Å². The number of carbonyl (C=O) groups is 1. The molecule has 0 bridgehead atoms. The number of hydrogen-bond acceptors (Lipinski definition) is 3. The highest BCUT2D eigenvalue weighted by Crippen LogP contribution is 2.29. The lowest BCUT2D eigenvalue weighted by Gasteiger charge is -2.37. The highest BCUT2D eigenvalue weighted by molar-refractivity contribution is 5.85. The van der Waals surface area contributed by atoms with E-state index in [0.717, 1.165) is 64.1 Å². The second kappa shape index (κ2) is 12.1. The number of ether oxygens (including phenoxy) is 1. The molecule has 1 amide bonds. The summed E-state index contributed by atoms with van der Waals surface area (Å²) in [6, 6.07) is 0.451. The first kappa shape index (κ1) is 21.7. The van der Waals surface area contributed by atoms with Crippen molar-refractivity contribution in [3.05, 3.63) is 0 Å². The number of nitrogens with two attached hydrogens (primary N) is 1. The largest absolute Gasteiger partial charge is 0.376 e. The molecule has 1 aliphatic heterocycles. The molecule has 1 heterocycles. The van der Waals surface area contributed by atoms with Gasteiger partial charge in [0.1, 0.15) is 0 Å². The van der Waals surface area contributed by atoms with E-state index in [1.165, 1.54) is 25.7 Å². The van der Waals surface area contributed by atoms with Gasteiger partial charge in [0.15, 0.2) is 0 Å². The van der Waals surface area contributed by atoms with Crippen molar-refractivity contribution < 1.29 is 9.53 Å². The third kappa shape index (κ3) is 7.28. The first-order chi connectivity index (χ1) is 11.2. The van der Waals surface area contributed by atoms with Crippen molar-refractivity contribution in [3.63, 3.8) is 0 Å². The third-order valence-corrected chi connectivity index (χ3v) is 5.52. The van der Waals surface area contributed by atoms with Gasteiger partial charge in [-0.15, -0.1) is 12.4 Å². The molecule has 1 atom stereocenters. The molecule has 2 fully saturated rings. The summed E-state index contributed by atoms with van der Waals surface area (Å²) in [7, 11) is 0. The summed E-state index contributed by atoms with van der Waals surface area (Å²) in [4.78, 5) is 15.0. The van der Waals surface area contributed by atoms with Crippen molar-refractivity contribution in [2.45, 2.75) is 89.7 Å². The molecule has 2 N–H and O–H groups in total.